The zero-order valence-corrected chi connectivity index (χ0v) is 20.0. The molecule has 9 heteroatoms. The number of carbonyl (C=O) groups excluding carboxylic acids is 3. The van der Waals surface area contributed by atoms with E-state index in [0.29, 0.717) is 12.0 Å². The molecule has 1 fully saturated rings. The molecule has 1 aliphatic carbocycles. The van der Waals surface area contributed by atoms with Crippen LogP contribution in [0.4, 0.5) is 0 Å². The van der Waals surface area contributed by atoms with E-state index < -0.39 is 61.5 Å². The zero-order valence-electron chi connectivity index (χ0n) is 20.0. The fourth-order valence-electron chi connectivity index (χ4n) is 3.84. The van der Waals surface area contributed by atoms with E-state index in [4.69, 9.17) is 19.3 Å². The smallest absolute Gasteiger partial charge is 0.336 e. The third-order valence-electron chi connectivity index (χ3n) is 5.96. The van der Waals surface area contributed by atoms with Crippen LogP contribution in [0, 0.1) is 11.8 Å². The van der Waals surface area contributed by atoms with Crippen molar-refractivity contribution >= 4 is 17.9 Å². The number of hydrogen-bond acceptors (Lipinski definition) is 9. The number of rotatable bonds is 7. The highest BCUT2D eigenvalue weighted by atomic mass is 16.6. The molecule has 3 N–H and O–H groups in total. The maximum absolute atomic E-state index is 12.6. The van der Waals surface area contributed by atoms with E-state index in [0.717, 1.165) is 11.6 Å². The van der Waals surface area contributed by atoms with Crippen molar-refractivity contribution in [3.63, 3.8) is 0 Å². The molecule has 2 rings (SSSR count). The Morgan fingerprint density at radius 3 is 2.53 bits per heavy atom. The number of esters is 3. The van der Waals surface area contributed by atoms with Crippen molar-refractivity contribution in [1.29, 1.82) is 0 Å². The van der Waals surface area contributed by atoms with E-state index in [1.807, 2.05) is 13.0 Å². The SMILES string of the molecule is C=C1C(=O)O[C@H]2/C=C(/C)[C@@H](OC(=O)[C@@H](O)C(C)C)C/C=C(\C)C[C@@H](OC(=O)/C(=C/CO)CO)[C@@H]12. The molecule has 34 heavy (non-hydrogen) atoms. The summed E-state index contributed by atoms with van der Waals surface area (Å²) in [7, 11) is 0. The summed E-state index contributed by atoms with van der Waals surface area (Å²) in [6, 6.07) is 0. The molecular formula is C25H34O9. The molecular weight excluding hydrogens is 444 g/mol. The van der Waals surface area contributed by atoms with Gasteiger partial charge in [0.15, 0.2) is 6.10 Å². The molecule has 1 saturated heterocycles. The van der Waals surface area contributed by atoms with Gasteiger partial charge in [0, 0.05) is 18.4 Å². The van der Waals surface area contributed by atoms with Crippen LogP contribution in [0.2, 0.25) is 0 Å². The van der Waals surface area contributed by atoms with E-state index in [2.05, 4.69) is 6.58 Å². The summed E-state index contributed by atoms with van der Waals surface area (Å²) in [5, 5.41) is 28.6. The van der Waals surface area contributed by atoms with Crippen LogP contribution in [-0.4, -0.2) is 70.9 Å². The van der Waals surface area contributed by atoms with Gasteiger partial charge in [-0.2, -0.15) is 0 Å². The van der Waals surface area contributed by atoms with Crippen molar-refractivity contribution in [2.24, 2.45) is 11.8 Å². The van der Waals surface area contributed by atoms with Crippen LogP contribution in [-0.2, 0) is 28.6 Å². The third kappa shape index (κ3) is 6.65. The minimum absolute atomic E-state index is 0.101. The predicted octanol–water partition coefficient (Wildman–Crippen LogP) is 1.52. The number of ether oxygens (including phenoxy) is 3. The van der Waals surface area contributed by atoms with Gasteiger partial charge in [-0.05, 0) is 37.5 Å². The second-order valence-electron chi connectivity index (χ2n) is 8.95. The maximum atomic E-state index is 12.6. The first kappa shape index (κ1) is 27.5. The van der Waals surface area contributed by atoms with E-state index >= 15 is 0 Å². The Balaban J connectivity index is 2.39. The highest BCUT2D eigenvalue weighted by molar-refractivity contribution is 5.92. The standard InChI is InChI=1S/C25H34O9/c1-13(2)22(28)25(31)32-18-7-6-14(3)10-19(34-24(30)17(12-27)8-9-26)21-16(5)23(29)33-20(21)11-15(18)4/h6,8,11,13,18-22,26-28H,5,7,9-10,12H2,1-4H3/b14-6+,15-11-,17-8+/t18-,19+,20-,21+,22-/m0/s1. The molecule has 1 heterocycles. The van der Waals surface area contributed by atoms with Crippen LogP contribution in [0.15, 0.2) is 47.1 Å². The Morgan fingerprint density at radius 1 is 1.26 bits per heavy atom. The number of fused-ring (bicyclic) bond motifs is 1. The zero-order chi connectivity index (χ0) is 25.6. The molecule has 0 spiro atoms. The van der Waals surface area contributed by atoms with Crippen LogP contribution >= 0.6 is 0 Å². The van der Waals surface area contributed by atoms with Crippen molar-refractivity contribution in [2.75, 3.05) is 13.2 Å². The van der Waals surface area contributed by atoms with Gasteiger partial charge < -0.3 is 29.5 Å². The molecule has 5 atom stereocenters. The van der Waals surface area contributed by atoms with Crippen LogP contribution in [0.25, 0.3) is 0 Å². The second kappa shape index (κ2) is 12.1. The summed E-state index contributed by atoms with van der Waals surface area (Å²) in [6.07, 6.45) is 1.60. The summed E-state index contributed by atoms with van der Waals surface area (Å²) in [6.45, 7) is 9.73. The first-order valence-electron chi connectivity index (χ1n) is 11.2. The lowest BCUT2D eigenvalue weighted by molar-refractivity contribution is -0.159. The third-order valence-corrected chi connectivity index (χ3v) is 5.96. The Hall–Kier alpha value is -2.75. The number of carbonyl (C=O) groups is 3. The minimum Gasteiger partial charge on any atom is -0.458 e. The molecule has 0 aromatic carbocycles. The molecule has 0 radical (unpaired) electrons. The lowest BCUT2D eigenvalue weighted by atomic mass is 9.85. The fraction of sp³-hybridized carbons (Fsp3) is 0.560. The monoisotopic (exact) mass is 478 g/mol. The van der Waals surface area contributed by atoms with Crippen LogP contribution in [0.1, 0.15) is 40.5 Å². The Morgan fingerprint density at radius 2 is 1.94 bits per heavy atom. The maximum Gasteiger partial charge on any atom is 0.336 e. The molecule has 0 aromatic rings. The van der Waals surface area contributed by atoms with E-state index in [9.17, 15) is 24.6 Å². The summed E-state index contributed by atoms with van der Waals surface area (Å²) in [5.41, 5.74) is 1.45. The van der Waals surface area contributed by atoms with Crippen LogP contribution < -0.4 is 0 Å². The highest BCUT2D eigenvalue weighted by Crippen LogP contribution is 2.37. The molecule has 1 aliphatic heterocycles. The molecule has 9 nitrogen and oxygen atoms in total. The van der Waals surface area contributed by atoms with Gasteiger partial charge in [-0.25, -0.2) is 14.4 Å². The van der Waals surface area contributed by atoms with Gasteiger partial charge in [-0.3, -0.25) is 0 Å². The highest BCUT2D eigenvalue weighted by Gasteiger charge is 2.45. The van der Waals surface area contributed by atoms with Gasteiger partial charge in [0.25, 0.3) is 0 Å². The van der Waals surface area contributed by atoms with Crippen molar-refractivity contribution < 1.29 is 43.9 Å². The van der Waals surface area contributed by atoms with Gasteiger partial charge in [0.2, 0.25) is 0 Å². The molecule has 2 aliphatic rings. The number of hydrogen-bond donors (Lipinski definition) is 3. The van der Waals surface area contributed by atoms with Crippen LogP contribution in [0.3, 0.4) is 0 Å². The van der Waals surface area contributed by atoms with Gasteiger partial charge in [-0.1, -0.05) is 32.1 Å². The molecule has 0 aromatic heterocycles. The predicted molar refractivity (Wildman–Crippen MR) is 122 cm³/mol. The topological polar surface area (TPSA) is 140 Å². The summed E-state index contributed by atoms with van der Waals surface area (Å²) < 4.78 is 16.7. The van der Waals surface area contributed by atoms with Gasteiger partial charge >= 0.3 is 17.9 Å². The lowest BCUT2D eigenvalue weighted by Crippen LogP contribution is -2.35. The van der Waals surface area contributed by atoms with Crippen molar-refractivity contribution in [3.8, 4) is 0 Å². The van der Waals surface area contributed by atoms with E-state index in [1.54, 1.807) is 26.8 Å². The van der Waals surface area contributed by atoms with Gasteiger partial charge in [-0.15, -0.1) is 0 Å². The normalized spacial score (nSPS) is 29.8. The lowest BCUT2D eigenvalue weighted by Gasteiger charge is -2.29. The van der Waals surface area contributed by atoms with Crippen molar-refractivity contribution in [2.45, 2.75) is 65.0 Å². The Labute approximate surface area is 199 Å². The molecule has 0 unspecified atom stereocenters. The van der Waals surface area contributed by atoms with Crippen molar-refractivity contribution in [3.05, 3.63) is 47.1 Å². The average molecular weight is 479 g/mol. The average Bonchev–Trinajstić information content (AvgIpc) is 3.05. The van der Waals surface area contributed by atoms with Crippen LogP contribution in [0.5, 0.6) is 0 Å². The first-order chi connectivity index (χ1) is 16.0. The van der Waals surface area contributed by atoms with Gasteiger partial charge in [0.05, 0.1) is 24.7 Å². The quantitative estimate of drug-likeness (QED) is 0.215. The van der Waals surface area contributed by atoms with Crippen molar-refractivity contribution in [1.82, 2.24) is 0 Å². The molecule has 0 saturated carbocycles. The molecule has 0 amide bonds. The fourth-order valence-corrected chi connectivity index (χ4v) is 3.84. The summed E-state index contributed by atoms with van der Waals surface area (Å²) >= 11 is 0. The second-order valence-corrected chi connectivity index (χ2v) is 8.95. The Bertz CT molecular complexity index is 896. The number of aliphatic hydroxyl groups excluding tert-OH is 3. The van der Waals surface area contributed by atoms with E-state index in [-0.39, 0.29) is 23.5 Å². The van der Waals surface area contributed by atoms with Gasteiger partial charge in [0.1, 0.15) is 18.3 Å². The molecule has 188 valence electrons. The molecule has 0 bridgehead atoms. The minimum atomic E-state index is -1.26. The number of aliphatic hydroxyl groups is 3. The largest absolute Gasteiger partial charge is 0.458 e. The summed E-state index contributed by atoms with van der Waals surface area (Å²) in [5.74, 6) is -3.19. The van der Waals surface area contributed by atoms with E-state index in [1.165, 1.54) is 0 Å². The first-order valence-corrected chi connectivity index (χ1v) is 11.2. The summed E-state index contributed by atoms with van der Waals surface area (Å²) in [4.78, 5) is 37.3. The Kier molecular flexibility index (Phi) is 9.78.